The minimum atomic E-state index is -0.939. The Balaban J connectivity index is 2.39. The first-order valence-electron chi connectivity index (χ1n) is 11.0. The van der Waals surface area contributed by atoms with Gasteiger partial charge in [-0.2, -0.15) is 0 Å². The molecule has 0 heterocycles. The molecule has 0 saturated heterocycles. The van der Waals surface area contributed by atoms with Gasteiger partial charge in [0.05, 0.1) is 20.6 Å². The molecule has 1 rings (SSSR count). The summed E-state index contributed by atoms with van der Waals surface area (Å²) in [7, 11) is 3.06. The number of carbonyl (C=O) groups excluding carboxylic acids is 3. The highest BCUT2D eigenvalue weighted by atomic mass is 16.5. The van der Waals surface area contributed by atoms with Gasteiger partial charge in [-0.1, -0.05) is 51.5 Å². The normalized spacial score (nSPS) is 11.5. The van der Waals surface area contributed by atoms with E-state index in [1.54, 1.807) is 18.2 Å². The number of methoxy groups -OCH3 is 2. The summed E-state index contributed by atoms with van der Waals surface area (Å²) in [6, 6.07) is 4.26. The van der Waals surface area contributed by atoms with E-state index in [9.17, 15) is 14.4 Å². The maximum atomic E-state index is 12.3. The van der Waals surface area contributed by atoms with E-state index in [2.05, 4.69) is 17.6 Å². The quantitative estimate of drug-likeness (QED) is 0.345. The van der Waals surface area contributed by atoms with Crippen LogP contribution in [-0.2, 0) is 20.8 Å². The van der Waals surface area contributed by atoms with E-state index >= 15 is 0 Å². The maximum Gasteiger partial charge on any atom is 0.241 e. The lowest BCUT2D eigenvalue weighted by atomic mass is 10.1. The fraction of sp³-hybridized carbons (Fsp3) is 0.609. The highest BCUT2D eigenvalue weighted by Gasteiger charge is 2.19. The Morgan fingerprint density at radius 2 is 1.58 bits per heavy atom. The van der Waals surface area contributed by atoms with Crippen molar-refractivity contribution in [1.82, 2.24) is 10.6 Å². The summed E-state index contributed by atoms with van der Waals surface area (Å²) in [4.78, 5) is 36.0. The molecule has 31 heavy (non-hydrogen) atoms. The molecule has 1 aromatic rings. The first-order valence-corrected chi connectivity index (χ1v) is 11.0. The lowest BCUT2D eigenvalue weighted by Crippen LogP contribution is -2.51. The molecule has 0 bridgehead atoms. The monoisotopic (exact) mass is 435 g/mol. The maximum absolute atomic E-state index is 12.3. The number of hydrogen-bond donors (Lipinski definition) is 3. The van der Waals surface area contributed by atoms with Gasteiger partial charge in [-0.3, -0.25) is 14.4 Å². The first-order chi connectivity index (χ1) is 14.9. The van der Waals surface area contributed by atoms with Crippen LogP contribution in [0.4, 0.5) is 0 Å². The Kier molecular flexibility index (Phi) is 12.8. The molecule has 3 amide bonds. The molecule has 1 aromatic carbocycles. The van der Waals surface area contributed by atoms with Crippen molar-refractivity contribution in [3.05, 3.63) is 23.8 Å². The van der Waals surface area contributed by atoms with Crippen molar-refractivity contribution in [3.63, 3.8) is 0 Å². The lowest BCUT2D eigenvalue weighted by Gasteiger charge is -2.16. The topological polar surface area (TPSA) is 120 Å². The molecular weight excluding hydrogens is 398 g/mol. The van der Waals surface area contributed by atoms with Gasteiger partial charge in [0.15, 0.2) is 11.5 Å². The highest BCUT2D eigenvalue weighted by Crippen LogP contribution is 2.27. The molecule has 0 fully saturated rings. The Labute approximate surface area is 185 Å². The minimum Gasteiger partial charge on any atom is -0.493 e. The molecule has 0 aliphatic heterocycles. The number of nitrogens with one attached hydrogen (secondary N) is 2. The molecule has 0 spiro atoms. The summed E-state index contributed by atoms with van der Waals surface area (Å²) < 4.78 is 10.4. The van der Waals surface area contributed by atoms with Crippen molar-refractivity contribution in [2.45, 2.75) is 70.8 Å². The van der Waals surface area contributed by atoms with Crippen molar-refractivity contribution in [2.75, 3.05) is 20.8 Å². The van der Waals surface area contributed by atoms with Gasteiger partial charge < -0.3 is 25.8 Å². The average Bonchev–Trinajstić information content (AvgIpc) is 2.75. The number of amides is 3. The molecule has 8 heteroatoms. The summed E-state index contributed by atoms with van der Waals surface area (Å²) >= 11 is 0. The van der Waals surface area contributed by atoms with Gasteiger partial charge in [-0.05, 0) is 24.1 Å². The second-order valence-electron chi connectivity index (χ2n) is 7.56. The molecule has 0 radical (unpaired) electrons. The summed E-state index contributed by atoms with van der Waals surface area (Å²) in [6.45, 7) is 2.13. The van der Waals surface area contributed by atoms with E-state index in [0.717, 1.165) is 24.8 Å². The minimum absolute atomic E-state index is 0.0514. The Morgan fingerprint density at radius 1 is 0.935 bits per heavy atom. The molecular formula is C23H37N3O5. The molecule has 1 unspecified atom stereocenters. The van der Waals surface area contributed by atoms with Crippen LogP contribution in [0, 0.1) is 0 Å². The van der Waals surface area contributed by atoms with Crippen LogP contribution in [0.5, 0.6) is 11.5 Å². The van der Waals surface area contributed by atoms with Crippen molar-refractivity contribution < 1.29 is 23.9 Å². The standard InChI is InChI=1S/C23H37N3O5/c1-4-5-6-7-8-9-10-11-21(27)26-18(23(24)29)16-25-22(28)15-17-12-13-19(30-2)20(14-17)31-3/h12-14,18H,4-11,15-16H2,1-3H3,(H2,24,29)(H,25,28)(H,26,27). The Hall–Kier alpha value is -2.77. The van der Waals surface area contributed by atoms with E-state index in [1.165, 1.54) is 39.9 Å². The Morgan fingerprint density at radius 3 is 2.19 bits per heavy atom. The van der Waals surface area contributed by atoms with Gasteiger partial charge in [0.2, 0.25) is 17.7 Å². The highest BCUT2D eigenvalue weighted by molar-refractivity contribution is 5.87. The number of nitrogens with two attached hydrogens (primary N) is 1. The number of carbonyl (C=O) groups is 3. The summed E-state index contributed by atoms with van der Waals surface area (Å²) in [5.41, 5.74) is 6.11. The van der Waals surface area contributed by atoms with Gasteiger partial charge in [0.1, 0.15) is 6.04 Å². The van der Waals surface area contributed by atoms with E-state index in [-0.39, 0.29) is 24.8 Å². The van der Waals surface area contributed by atoms with E-state index in [1.807, 2.05) is 0 Å². The second kappa shape index (κ2) is 15.1. The van der Waals surface area contributed by atoms with Crippen LogP contribution in [-0.4, -0.2) is 44.5 Å². The molecule has 0 saturated carbocycles. The smallest absolute Gasteiger partial charge is 0.241 e. The Bertz CT molecular complexity index is 708. The second-order valence-corrected chi connectivity index (χ2v) is 7.56. The molecule has 1 atom stereocenters. The number of primary amides is 1. The molecule has 4 N–H and O–H groups in total. The largest absolute Gasteiger partial charge is 0.493 e. The van der Waals surface area contributed by atoms with Crippen molar-refractivity contribution in [1.29, 1.82) is 0 Å². The number of unbranched alkanes of at least 4 members (excludes halogenated alkanes) is 6. The van der Waals surface area contributed by atoms with Gasteiger partial charge in [-0.25, -0.2) is 0 Å². The fourth-order valence-corrected chi connectivity index (χ4v) is 3.19. The number of rotatable bonds is 16. The van der Waals surface area contributed by atoms with Crippen LogP contribution in [0.3, 0.4) is 0 Å². The summed E-state index contributed by atoms with van der Waals surface area (Å²) in [6.07, 6.45) is 8.18. The number of benzene rings is 1. The fourth-order valence-electron chi connectivity index (χ4n) is 3.19. The van der Waals surface area contributed by atoms with Crippen LogP contribution in [0.15, 0.2) is 18.2 Å². The molecule has 0 aliphatic carbocycles. The molecule has 0 aromatic heterocycles. The number of ether oxygens (including phenoxy) is 2. The van der Waals surface area contributed by atoms with Crippen LogP contribution in [0.25, 0.3) is 0 Å². The van der Waals surface area contributed by atoms with Gasteiger partial charge in [0, 0.05) is 13.0 Å². The zero-order chi connectivity index (χ0) is 23.1. The predicted octanol–water partition coefficient (Wildman–Crippen LogP) is 2.47. The first kappa shape index (κ1) is 26.3. The average molecular weight is 436 g/mol. The van der Waals surface area contributed by atoms with Crippen LogP contribution >= 0.6 is 0 Å². The lowest BCUT2D eigenvalue weighted by molar-refractivity contribution is -0.128. The van der Waals surface area contributed by atoms with Crippen LogP contribution in [0.2, 0.25) is 0 Å². The molecule has 174 valence electrons. The third-order valence-corrected chi connectivity index (χ3v) is 5.00. The summed E-state index contributed by atoms with van der Waals surface area (Å²) in [5, 5.41) is 5.27. The van der Waals surface area contributed by atoms with Crippen LogP contribution < -0.4 is 25.8 Å². The third-order valence-electron chi connectivity index (χ3n) is 5.00. The van der Waals surface area contributed by atoms with Gasteiger partial charge >= 0.3 is 0 Å². The predicted molar refractivity (Wildman–Crippen MR) is 120 cm³/mol. The van der Waals surface area contributed by atoms with Gasteiger partial charge in [-0.15, -0.1) is 0 Å². The van der Waals surface area contributed by atoms with Crippen molar-refractivity contribution >= 4 is 17.7 Å². The van der Waals surface area contributed by atoms with E-state index < -0.39 is 11.9 Å². The zero-order valence-electron chi connectivity index (χ0n) is 19.0. The summed E-state index contributed by atoms with van der Waals surface area (Å²) in [5.74, 6) is -0.102. The van der Waals surface area contributed by atoms with Crippen molar-refractivity contribution in [2.24, 2.45) is 5.73 Å². The van der Waals surface area contributed by atoms with Crippen molar-refractivity contribution in [3.8, 4) is 11.5 Å². The van der Waals surface area contributed by atoms with Crippen LogP contribution in [0.1, 0.15) is 63.9 Å². The molecule has 8 nitrogen and oxygen atoms in total. The van der Waals surface area contributed by atoms with E-state index in [0.29, 0.717) is 17.9 Å². The van der Waals surface area contributed by atoms with E-state index in [4.69, 9.17) is 15.2 Å². The zero-order valence-corrected chi connectivity index (χ0v) is 19.0. The SMILES string of the molecule is CCCCCCCCCC(=O)NC(CNC(=O)Cc1ccc(OC)c(OC)c1)C(N)=O. The molecule has 0 aliphatic rings. The third kappa shape index (κ3) is 10.7. The van der Waals surface area contributed by atoms with Gasteiger partial charge in [0.25, 0.3) is 0 Å². The number of hydrogen-bond acceptors (Lipinski definition) is 5.